The van der Waals surface area contributed by atoms with Crippen molar-refractivity contribution in [2.75, 3.05) is 5.32 Å². The highest BCUT2D eigenvalue weighted by molar-refractivity contribution is 6.32. The lowest BCUT2D eigenvalue weighted by Gasteiger charge is -2.26. The standard InChI is InChI=1S/C8H6ClF3N2O4/c9-5-4(14-6(15)16)3(1-2-13-5)7(17,18)8(10,11)12/h1-2,14,17-18H,(H,15,16). The summed E-state index contributed by atoms with van der Waals surface area (Å²) in [4.78, 5) is 13.7. The topological polar surface area (TPSA) is 103 Å². The molecule has 0 aliphatic rings. The van der Waals surface area contributed by atoms with Gasteiger partial charge in [-0.3, -0.25) is 5.32 Å². The molecule has 18 heavy (non-hydrogen) atoms. The van der Waals surface area contributed by atoms with Gasteiger partial charge in [-0.05, 0) is 6.07 Å². The largest absolute Gasteiger partial charge is 0.465 e. The van der Waals surface area contributed by atoms with Crippen molar-refractivity contribution in [2.24, 2.45) is 0 Å². The quantitative estimate of drug-likeness (QED) is 0.488. The van der Waals surface area contributed by atoms with Crippen LogP contribution in [-0.4, -0.2) is 32.6 Å². The normalized spacial score (nSPS) is 12.3. The number of amides is 1. The highest BCUT2D eigenvalue weighted by Crippen LogP contribution is 2.41. The maximum Gasteiger partial charge on any atom is 0.447 e. The van der Waals surface area contributed by atoms with E-state index in [9.17, 15) is 18.0 Å². The molecule has 0 spiro atoms. The lowest BCUT2D eigenvalue weighted by molar-refractivity contribution is -0.358. The van der Waals surface area contributed by atoms with Crippen molar-refractivity contribution in [1.29, 1.82) is 0 Å². The van der Waals surface area contributed by atoms with Crippen LogP contribution in [0.3, 0.4) is 0 Å². The Labute approximate surface area is 103 Å². The number of alkyl halides is 3. The summed E-state index contributed by atoms with van der Waals surface area (Å²) in [7, 11) is 0. The van der Waals surface area contributed by atoms with Crippen LogP contribution in [-0.2, 0) is 5.79 Å². The number of aromatic nitrogens is 1. The Hall–Kier alpha value is -1.58. The zero-order chi connectivity index (χ0) is 14.1. The Bertz CT molecular complexity index is 478. The van der Waals surface area contributed by atoms with E-state index >= 15 is 0 Å². The molecule has 1 aromatic rings. The van der Waals surface area contributed by atoms with Crippen LogP contribution in [0.1, 0.15) is 5.56 Å². The molecular weight excluding hydrogens is 281 g/mol. The van der Waals surface area contributed by atoms with Gasteiger partial charge in [0.1, 0.15) is 0 Å². The Morgan fingerprint density at radius 2 is 1.94 bits per heavy atom. The Kier molecular flexibility index (Phi) is 3.70. The van der Waals surface area contributed by atoms with Gasteiger partial charge < -0.3 is 15.3 Å². The van der Waals surface area contributed by atoms with Gasteiger partial charge >= 0.3 is 12.3 Å². The monoisotopic (exact) mass is 286 g/mol. The Morgan fingerprint density at radius 3 is 2.39 bits per heavy atom. The lowest BCUT2D eigenvalue weighted by Crippen LogP contribution is -2.42. The zero-order valence-electron chi connectivity index (χ0n) is 8.36. The van der Waals surface area contributed by atoms with Crippen molar-refractivity contribution in [3.8, 4) is 0 Å². The van der Waals surface area contributed by atoms with Crippen LogP contribution >= 0.6 is 11.6 Å². The highest BCUT2D eigenvalue weighted by atomic mass is 35.5. The fourth-order valence-corrected chi connectivity index (χ4v) is 1.31. The number of aliphatic hydroxyl groups is 2. The van der Waals surface area contributed by atoms with Gasteiger partial charge in [-0.2, -0.15) is 13.2 Å². The second-order valence-electron chi connectivity index (χ2n) is 3.12. The number of hydrogen-bond acceptors (Lipinski definition) is 4. The molecule has 0 aromatic carbocycles. The van der Waals surface area contributed by atoms with Crippen LogP contribution in [0.4, 0.5) is 23.7 Å². The van der Waals surface area contributed by atoms with E-state index in [2.05, 4.69) is 4.98 Å². The number of halogens is 4. The van der Waals surface area contributed by atoms with Gasteiger partial charge in [0.25, 0.3) is 5.79 Å². The van der Waals surface area contributed by atoms with Crippen LogP contribution in [0.5, 0.6) is 0 Å². The number of nitrogens with zero attached hydrogens (tertiary/aromatic N) is 1. The zero-order valence-corrected chi connectivity index (χ0v) is 9.12. The van der Waals surface area contributed by atoms with Crippen molar-refractivity contribution < 1.29 is 33.3 Å². The van der Waals surface area contributed by atoms with Gasteiger partial charge in [0.2, 0.25) is 0 Å². The number of anilines is 1. The minimum atomic E-state index is -5.44. The molecule has 1 rings (SSSR count). The van der Waals surface area contributed by atoms with E-state index in [0.717, 1.165) is 6.20 Å². The molecule has 0 saturated heterocycles. The summed E-state index contributed by atoms with van der Waals surface area (Å²) in [6, 6.07) is 0.588. The van der Waals surface area contributed by atoms with Gasteiger partial charge in [-0.1, -0.05) is 11.6 Å². The van der Waals surface area contributed by atoms with E-state index in [-0.39, 0.29) is 0 Å². The number of rotatable bonds is 2. The van der Waals surface area contributed by atoms with E-state index in [1.165, 1.54) is 5.32 Å². The van der Waals surface area contributed by atoms with Gasteiger partial charge in [-0.25, -0.2) is 9.78 Å². The van der Waals surface area contributed by atoms with Gasteiger partial charge in [-0.15, -0.1) is 0 Å². The molecule has 100 valence electrons. The predicted molar refractivity (Wildman–Crippen MR) is 53.1 cm³/mol. The molecule has 0 aliphatic heterocycles. The summed E-state index contributed by atoms with van der Waals surface area (Å²) >= 11 is 5.40. The summed E-state index contributed by atoms with van der Waals surface area (Å²) in [5.74, 6) is -4.25. The molecule has 0 saturated carbocycles. The minimum absolute atomic E-state index is 0.588. The number of carbonyl (C=O) groups is 1. The predicted octanol–water partition coefficient (Wildman–Crippen LogP) is 1.52. The Balaban J connectivity index is 3.41. The molecule has 6 nitrogen and oxygen atoms in total. The third-order valence-electron chi connectivity index (χ3n) is 1.91. The first-order valence-corrected chi connectivity index (χ1v) is 4.61. The van der Waals surface area contributed by atoms with E-state index in [0.29, 0.717) is 6.07 Å². The van der Waals surface area contributed by atoms with Crippen LogP contribution < -0.4 is 5.32 Å². The second kappa shape index (κ2) is 4.59. The van der Waals surface area contributed by atoms with Crippen LogP contribution in [0.25, 0.3) is 0 Å². The molecule has 1 aromatic heterocycles. The van der Waals surface area contributed by atoms with Gasteiger partial charge in [0, 0.05) is 11.8 Å². The van der Waals surface area contributed by atoms with E-state index in [1.807, 2.05) is 0 Å². The highest BCUT2D eigenvalue weighted by Gasteiger charge is 2.55. The molecule has 0 atom stereocenters. The fourth-order valence-electron chi connectivity index (χ4n) is 1.11. The fraction of sp³-hybridized carbons (Fsp3) is 0.250. The van der Waals surface area contributed by atoms with Crippen molar-refractivity contribution in [1.82, 2.24) is 4.98 Å². The number of hydrogen-bond donors (Lipinski definition) is 4. The van der Waals surface area contributed by atoms with E-state index < -0.39 is 34.5 Å². The first-order valence-electron chi connectivity index (χ1n) is 4.23. The summed E-state index contributed by atoms with van der Waals surface area (Å²) < 4.78 is 37.3. The molecule has 0 unspecified atom stereocenters. The summed E-state index contributed by atoms with van der Waals surface area (Å²) in [6.07, 6.45) is -6.39. The molecule has 10 heteroatoms. The molecule has 0 fully saturated rings. The molecule has 1 amide bonds. The average Bonchev–Trinajstić information content (AvgIpc) is 2.18. The third-order valence-corrected chi connectivity index (χ3v) is 2.19. The van der Waals surface area contributed by atoms with E-state index in [4.69, 9.17) is 26.9 Å². The summed E-state index contributed by atoms with van der Waals surface area (Å²) in [5, 5.41) is 27.4. The number of carboxylic acid groups (broad SMARTS) is 1. The van der Waals surface area contributed by atoms with Crippen LogP contribution in [0.2, 0.25) is 5.15 Å². The Morgan fingerprint density at radius 1 is 1.39 bits per heavy atom. The summed E-state index contributed by atoms with van der Waals surface area (Å²) in [5.41, 5.74) is -2.02. The van der Waals surface area contributed by atoms with Crippen LogP contribution in [0, 0.1) is 0 Å². The minimum Gasteiger partial charge on any atom is -0.465 e. The van der Waals surface area contributed by atoms with Gasteiger partial charge in [0.05, 0.1) is 5.69 Å². The van der Waals surface area contributed by atoms with Crippen molar-refractivity contribution in [2.45, 2.75) is 12.0 Å². The smallest absolute Gasteiger partial charge is 0.447 e. The first-order chi connectivity index (χ1) is 8.07. The van der Waals surface area contributed by atoms with Crippen molar-refractivity contribution in [3.05, 3.63) is 23.0 Å². The number of pyridine rings is 1. The molecule has 1 heterocycles. The molecule has 0 radical (unpaired) electrons. The van der Waals surface area contributed by atoms with Crippen molar-refractivity contribution in [3.63, 3.8) is 0 Å². The first kappa shape index (κ1) is 14.5. The maximum atomic E-state index is 12.4. The van der Waals surface area contributed by atoms with Gasteiger partial charge in [0.15, 0.2) is 5.15 Å². The third kappa shape index (κ3) is 2.63. The molecule has 0 aliphatic carbocycles. The average molecular weight is 287 g/mol. The lowest BCUT2D eigenvalue weighted by atomic mass is 10.1. The molecular formula is C8H6ClF3N2O4. The maximum absolute atomic E-state index is 12.4. The summed E-state index contributed by atoms with van der Waals surface area (Å²) in [6.45, 7) is 0. The molecule has 4 N–H and O–H groups in total. The van der Waals surface area contributed by atoms with E-state index in [1.54, 1.807) is 0 Å². The van der Waals surface area contributed by atoms with Crippen molar-refractivity contribution >= 4 is 23.4 Å². The molecule has 0 bridgehead atoms. The second-order valence-corrected chi connectivity index (χ2v) is 3.48. The van der Waals surface area contributed by atoms with Crippen LogP contribution in [0.15, 0.2) is 12.3 Å². The SMILES string of the molecule is O=C(O)Nc1c(C(O)(O)C(F)(F)F)ccnc1Cl. The number of nitrogens with one attached hydrogen (secondary N) is 1.